The van der Waals surface area contributed by atoms with Gasteiger partial charge in [0, 0.05) is 68.8 Å². The van der Waals surface area contributed by atoms with Gasteiger partial charge in [-0.05, 0) is 128 Å². The predicted molar refractivity (Wildman–Crippen MR) is 250 cm³/mol. The zero-order chi connectivity index (χ0) is 46.7. The molecule has 2 aromatic carbocycles. The lowest BCUT2D eigenvalue weighted by molar-refractivity contribution is -0.155. The number of carbonyl (C=O) groups is 5. The van der Waals surface area contributed by atoms with Crippen molar-refractivity contribution in [3.63, 3.8) is 0 Å². The van der Waals surface area contributed by atoms with Gasteiger partial charge in [-0.1, -0.05) is 46.4 Å². The molecule has 14 nitrogen and oxygen atoms in total. The van der Waals surface area contributed by atoms with Gasteiger partial charge in [0.25, 0.3) is 5.91 Å². The highest BCUT2D eigenvalue weighted by atomic mass is 16.5. The lowest BCUT2D eigenvalue weighted by Gasteiger charge is -2.37. The third-order valence-corrected chi connectivity index (χ3v) is 13.7. The van der Waals surface area contributed by atoms with Gasteiger partial charge in [-0.15, -0.1) is 0 Å². The van der Waals surface area contributed by atoms with Crippen molar-refractivity contribution in [2.45, 2.75) is 117 Å². The molecule has 0 unspecified atom stereocenters. The van der Waals surface area contributed by atoms with Gasteiger partial charge in [0.2, 0.25) is 17.7 Å². The molecule has 1 aliphatic carbocycles. The summed E-state index contributed by atoms with van der Waals surface area (Å²) in [5, 5.41) is 16.8. The maximum Gasteiger partial charge on any atom is 0.324 e. The van der Waals surface area contributed by atoms with Crippen molar-refractivity contribution in [2.24, 2.45) is 17.3 Å². The summed E-state index contributed by atoms with van der Waals surface area (Å²) in [7, 11) is 3.34. The van der Waals surface area contributed by atoms with E-state index in [1.807, 2.05) is 19.9 Å². The Morgan fingerprint density at radius 3 is 2.55 bits per heavy atom. The Kier molecular flexibility index (Phi) is 14.6. The Hall–Kier alpha value is -5.47. The van der Waals surface area contributed by atoms with Gasteiger partial charge in [0.05, 0.1) is 19.1 Å². The molecular weight excluding hydrogens is 825 g/mol. The zero-order valence-electron chi connectivity index (χ0n) is 39.3. The molecular formula is C51H68N6O8. The molecule has 1 aromatic heterocycles. The molecule has 2 fully saturated rings. The van der Waals surface area contributed by atoms with Crippen LogP contribution in [0, 0.1) is 17.3 Å². The van der Waals surface area contributed by atoms with Crippen LogP contribution < -0.4 is 10.7 Å². The molecule has 350 valence electrons. The first-order valence-corrected chi connectivity index (χ1v) is 23.4. The summed E-state index contributed by atoms with van der Waals surface area (Å²) >= 11 is 0. The van der Waals surface area contributed by atoms with Gasteiger partial charge in [0.1, 0.15) is 23.9 Å². The van der Waals surface area contributed by atoms with E-state index in [1.54, 1.807) is 31.2 Å². The molecule has 14 heteroatoms. The van der Waals surface area contributed by atoms with E-state index < -0.39 is 47.2 Å². The van der Waals surface area contributed by atoms with Crippen LogP contribution in [0.25, 0.3) is 27.6 Å². The molecule has 0 spiro atoms. The molecule has 4 aliphatic rings. The maximum atomic E-state index is 14.7. The van der Waals surface area contributed by atoms with Crippen molar-refractivity contribution in [2.75, 3.05) is 47.0 Å². The Morgan fingerprint density at radius 2 is 1.83 bits per heavy atom. The lowest BCUT2D eigenvalue weighted by Crippen LogP contribution is -2.62. The Labute approximate surface area is 383 Å². The number of phenols is 1. The molecule has 4 amide bonds. The Balaban J connectivity index is 1.30. The fraction of sp³-hybridized carbons (Fsp3) is 0.549. The van der Waals surface area contributed by atoms with Crippen LogP contribution >= 0.6 is 0 Å². The number of ether oxygens (including phenoxy) is 2. The van der Waals surface area contributed by atoms with Crippen molar-refractivity contribution in [1.82, 2.24) is 30.1 Å². The third kappa shape index (κ3) is 10.2. The van der Waals surface area contributed by atoms with E-state index in [4.69, 9.17) is 9.47 Å². The number of aryl methyl sites for hydroxylation is 1. The molecule has 3 aliphatic heterocycles. The number of nitrogens with one attached hydrogen (secondary N) is 2. The van der Waals surface area contributed by atoms with Gasteiger partial charge in [-0.2, -0.15) is 0 Å². The number of hydrazine groups is 1. The minimum Gasteiger partial charge on any atom is -0.508 e. The maximum absolute atomic E-state index is 14.7. The number of amides is 4. The number of hydrogen-bond donors (Lipinski definition) is 3. The number of methoxy groups -OCH3 is 1. The second-order valence-electron chi connectivity index (χ2n) is 19.6. The summed E-state index contributed by atoms with van der Waals surface area (Å²) < 4.78 is 14.3. The van der Waals surface area contributed by atoms with Crippen LogP contribution in [0.3, 0.4) is 0 Å². The number of likely N-dealkylation sites (tertiary alicyclic amines) is 1. The topological polar surface area (TPSA) is 163 Å². The van der Waals surface area contributed by atoms with E-state index in [1.165, 1.54) is 38.4 Å². The van der Waals surface area contributed by atoms with Crippen LogP contribution in [0.4, 0.5) is 0 Å². The van der Waals surface area contributed by atoms with E-state index in [2.05, 4.69) is 60.9 Å². The molecule has 4 heterocycles. The first-order valence-electron chi connectivity index (χ1n) is 23.4. The average Bonchev–Trinajstić information content (AvgIpc) is 3.90. The number of cyclic esters (lactones) is 1. The van der Waals surface area contributed by atoms with Gasteiger partial charge in [0.15, 0.2) is 0 Å². The monoisotopic (exact) mass is 893 g/mol. The number of rotatable bonds is 10. The second-order valence-corrected chi connectivity index (χ2v) is 19.6. The van der Waals surface area contributed by atoms with Crippen LogP contribution in [0.1, 0.15) is 96.4 Å². The van der Waals surface area contributed by atoms with Gasteiger partial charge in [-0.3, -0.25) is 29.0 Å². The van der Waals surface area contributed by atoms with Crippen LogP contribution in [0.5, 0.6) is 5.75 Å². The number of hydrogen-bond acceptors (Lipinski definition) is 9. The van der Waals surface area contributed by atoms with E-state index in [0.29, 0.717) is 50.9 Å². The van der Waals surface area contributed by atoms with Crippen molar-refractivity contribution in [3.8, 4) is 16.9 Å². The number of carbonyl (C=O) groups excluding carboxylic acids is 5. The number of nitrogens with zero attached hydrogens (tertiary/aromatic N) is 4. The number of benzene rings is 2. The average molecular weight is 893 g/mol. The Bertz CT molecular complexity index is 2360. The largest absolute Gasteiger partial charge is 0.508 e. The van der Waals surface area contributed by atoms with Crippen LogP contribution in [0.2, 0.25) is 0 Å². The summed E-state index contributed by atoms with van der Waals surface area (Å²) in [6.45, 7) is 16.1. The molecule has 7 rings (SSSR count). The molecule has 0 saturated carbocycles. The van der Waals surface area contributed by atoms with Crippen LogP contribution in [-0.4, -0.2) is 119 Å². The molecule has 3 aromatic rings. The van der Waals surface area contributed by atoms with Gasteiger partial charge >= 0.3 is 5.97 Å². The number of allylic oxidation sites excluding steroid dienone is 1. The highest BCUT2D eigenvalue weighted by Gasteiger charge is 2.40. The summed E-state index contributed by atoms with van der Waals surface area (Å²) in [6, 6.07) is 8.80. The van der Waals surface area contributed by atoms with Crippen molar-refractivity contribution >= 4 is 46.1 Å². The van der Waals surface area contributed by atoms with E-state index in [-0.39, 0.29) is 43.1 Å². The molecule has 4 atom stereocenters. The van der Waals surface area contributed by atoms with E-state index in [0.717, 1.165) is 54.3 Å². The van der Waals surface area contributed by atoms with Crippen molar-refractivity contribution in [3.05, 3.63) is 71.4 Å². The molecule has 0 radical (unpaired) electrons. The number of likely N-dealkylation sites (N-methyl/N-ethyl adjacent to an activating group) is 1. The predicted octanol–water partition coefficient (Wildman–Crippen LogP) is 6.17. The van der Waals surface area contributed by atoms with Gasteiger partial charge < -0.3 is 34.3 Å². The SMILES string of the molecule is C=CC(=O)N1CC[C@H](C(=O)N(C)[C@H](C(=O)N[C@H]2Cc3cc(O)cc(c3)-c3ccc4c(c3)c(c(C3=C(COC)CCCC3)n4CC)CC(C)(C)COC(=O)[C@@H]3CCCN(N3)C2=O)C(C)C)C1. The molecule has 65 heavy (non-hydrogen) atoms. The fourth-order valence-electron chi connectivity index (χ4n) is 10.5. The number of aromatic nitrogens is 1. The smallest absolute Gasteiger partial charge is 0.324 e. The quantitative estimate of drug-likeness (QED) is 0.160. The summed E-state index contributed by atoms with van der Waals surface area (Å²) in [6.07, 6.45) is 7.46. The highest BCUT2D eigenvalue weighted by molar-refractivity contribution is 5.95. The first-order chi connectivity index (χ1) is 31.0. The second kappa shape index (κ2) is 20.0. The molecule has 3 N–H and O–H groups in total. The number of fused-ring (bicyclic) bond motifs is 6. The summed E-state index contributed by atoms with van der Waals surface area (Å²) in [5.41, 5.74) is 11.0. The minimum atomic E-state index is -1.14. The summed E-state index contributed by atoms with van der Waals surface area (Å²) in [4.78, 5) is 72.3. The Morgan fingerprint density at radius 1 is 1.06 bits per heavy atom. The highest BCUT2D eigenvalue weighted by Crippen LogP contribution is 2.43. The molecule has 2 saturated heterocycles. The van der Waals surface area contributed by atoms with Gasteiger partial charge in [-0.25, -0.2) is 5.43 Å². The van der Waals surface area contributed by atoms with E-state index >= 15 is 0 Å². The number of esters is 1. The normalized spacial score (nSPS) is 22.1. The van der Waals surface area contributed by atoms with Crippen LogP contribution in [0.15, 0.2) is 54.6 Å². The minimum absolute atomic E-state index is 0.0114. The summed E-state index contributed by atoms with van der Waals surface area (Å²) in [5.74, 6) is -2.74. The number of aromatic hydroxyl groups is 1. The van der Waals surface area contributed by atoms with Crippen molar-refractivity contribution < 1.29 is 38.6 Å². The number of phenolic OH excluding ortho intramolecular Hbond substituents is 1. The van der Waals surface area contributed by atoms with Crippen molar-refractivity contribution in [1.29, 1.82) is 0 Å². The fourth-order valence-corrected chi connectivity index (χ4v) is 10.5. The third-order valence-electron chi connectivity index (χ3n) is 13.7. The standard InChI is InChI=1S/C51H68N6O8/c1-9-44(59)55-21-19-34(28-55)48(61)54(7)45(31(3)4)47(60)52-42-24-32-22-36(25-37(58)23-32)33-17-18-43-39(26-33)40(46(56(43)10-2)38-15-12-11-14-35(38)29-64-8)27-51(5,6)30-65-50(63)41-16-13-20-57(53-41)49(42)62/h9,17-18,22-23,25-26,31,34,41-42,45,53,58H,1,10-16,19-21,24,27-30H2,2-8H3,(H,52,60)/t34-,41-,42-,45-/m0/s1. The zero-order valence-corrected chi connectivity index (χ0v) is 39.3. The molecule has 6 bridgehead atoms. The van der Waals surface area contributed by atoms with Crippen LogP contribution in [-0.2, 0) is 52.8 Å². The lowest BCUT2D eigenvalue weighted by atomic mass is 9.82. The van der Waals surface area contributed by atoms with E-state index in [9.17, 15) is 29.1 Å². The first kappa shape index (κ1) is 47.5.